The van der Waals surface area contributed by atoms with E-state index in [0.717, 1.165) is 36.0 Å². The molecule has 2 heterocycles. The molecule has 1 aromatic heterocycles. The summed E-state index contributed by atoms with van der Waals surface area (Å²) >= 11 is 0.951. The van der Waals surface area contributed by atoms with Crippen LogP contribution in [0.1, 0.15) is 34.5 Å². The van der Waals surface area contributed by atoms with Gasteiger partial charge in [0.05, 0.1) is 10.3 Å². The SMILES string of the molecule is CS(=O)(=O)c1ccc(C(=O)N2CCCN2C(=O)C2(c3ccccc3)CC2)s1. The van der Waals surface area contributed by atoms with E-state index < -0.39 is 15.3 Å². The fourth-order valence-corrected chi connectivity index (χ4v) is 5.42. The number of carbonyl (C=O) groups excluding carboxylic acids is 2. The zero-order valence-electron chi connectivity index (χ0n) is 14.9. The lowest BCUT2D eigenvalue weighted by molar-refractivity contribution is -0.143. The summed E-state index contributed by atoms with van der Waals surface area (Å²) in [4.78, 5) is 26.5. The molecule has 1 saturated carbocycles. The number of carbonyl (C=O) groups is 2. The third-order valence-corrected chi connectivity index (χ3v) is 8.04. The molecule has 2 fully saturated rings. The third kappa shape index (κ3) is 3.17. The molecule has 1 aliphatic heterocycles. The Morgan fingerprint density at radius 3 is 2.26 bits per heavy atom. The molecule has 1 aromatic carbocycles. The highest BCUT2D eigenvalue weighted by molar-refractivity contribution is 7.92. The maximum absolute atomic E-state index is 13.3. The van der Waals surface area contributed by atoms with Crippen LogP contribution >= 0.6 is 11.3 Å². The van der Waals surface area contributed by atoms with Gasteiger partial charge in [-0.3, -0.25) is 14.6 Å². The van der Waals surface area contributed by atoms with Gasteiger partial charge in [-0.15, -0.1) is 11.3 Å². The Morgan fingerprint density at radius 1 is 1.00 bits per heavy atom. The second kappa shape index (κ2) is 6.45. The summed E-state index contributed by atoms with van der Waals surface area (Å²) in [5.74, 6) is -0.357. The van der Waals surface area contributed by atoms with Crippen molar-refractivity contribution in [3.63, 3.8) is 0 Å². The minimum absolute atomic E-state index is 0.0422. The van der Waals surface area contributed by atoms with Gasteiger partial charge in [-0.05, 0) is 37.0 Å². The van der Waals surface area contributed by atoms with Gasteiger partial charge in [-0.1, -0.05) is 30.3 Å². The molecule has 0 bridgehead atoms. The summed E-state index contributed by atoms with van der Waals surface area (Å²) < 4.78 is 23.5. The van der Waals surface area contributed by atoms with Crippen molar-refractivity contribution in [3.8, 4) is 0 Å². The highest BCUT2D eigenvalue weighted by Gasteiger charge is 2.54. The Bertz CT molecular complexity index is 994. The van der Waals surface area contributed by atoms with Crippen LogP contribution in [0.4, 0.5) is 0 Å². The topological polar surface area (TPSA) is 74.8 Å². The Balaban J connectivity index is 1.58. The van der Waals surface area contributed by atoms with Crippen molar-refractivity contribution in [1.82, 2.24) is 10.0 Å². The van der Waals surface area contributed by atoms with E-state index in [9.17, 15) is 18.0 Å². The minimum Gasteiger partial charge on any atom is -0.272 e. The average Bonchev–Trinajstić information content (AvgIpc) is 3.08. The lowest BCUT2D eigenvalue weighted by atomic mass is 9.95. The van der Waals surface area contributed by atoms with Crippen molar-refractivity contribution in [1.29, 1.82) is 0 Å². The van der Waals surface area contributed by atoms with Crippen molar-refractivity contribution in [3.05, 3.63) is 52.9 Å². The highest BCUT2D eigenvalue weighted by atomic mass is 32.2. The fraction of sp³-hybridized carbons (Fsp3) is 0.368. The smallest absolute Gasteiger partial charge is 0.272 e. The van der Waals surface area contributed by atoms with Crippen LogP contribution in [0.2, 0.25) is 0 Å². The average molecular weight is 405 g/mol. The van der Waals surface area contributed by atoms with Crippen LogP contribution in [0.15, 0.2) is 46.7 Å². The zero-order chi connectivity index (χ0) is 19.2. The predicted octanol–water partition coefficient (Wildman–Crippen LogP) is 2.47. The summed E-state index contributed by atoms with van der Waals surface area (Å²) in [6.07, 6.45) is 3.40. The maximum Gasteiger partial charge on any atom is 0.282 e. The summed E-state index contributed by atoms with van der Waals surface area (Å²) in [5, 5.41) is 3.03. The Kier molecular flexibility index (Phi) is 4.35. The van der Waals surface area contributed by atoms with Gasteiger partial charge >= 0.3 is 0 Å². The van der Waals surface area contributed by atoms with Crippen molar-refractivity contribution >= 4 is 33.0 Å². The lowest BCUT2D eigenvalue weighted by Gasteiger charge is -2.31. The molecule has 142 valence electrons. The van der Waals surface area contributed by atoms with Crippen molar-refractivity contribution in [2.24, 2.45) is 0 Å². The van der Waals surface area contributed by atoms with Crippen LogP contribution in [0, 0.1) is 0 Å². The van der Waals surface area contributed by atoms with E-state index >= 15 is 0 Å². The van der Waals surface area contributed by atoms with Crippen LogP contribution in [0.5, 0.6) is 0 Å². The van der Waals surface area contributed by atoms with Crippen molar-refractivity contribution in [2.45, 2.75) is 28.9 Å². The number of rotatable bonds is 4. The number of benzene rings is 1. The number of amides is 2. The first-order chi connectivity index (χ1) is 12.8. The molecule has 2 amide bonds. The van der Waals surface area contributed by atoms with Crippen molar-refractivity contribution in [2.75, 3.05) is 19.3 Å². The van der Waals surface area contributed by atoms with Gasteiger partial charge in [0, 0.05) is 19.3 Å². The molecular formula is C19H20N2O4S2. The second-order valence-corrected chi connectivity index (χ2v) is 10.4. The van der Waals surface area contributed by atoms with Gasteiger partial charge < -0.3 is 0 Å². The largest absolute Gasteiger partial charge is 0.282 e. The molecule has 0 spiro atoms. The number of hydrogen-bond donors (Lipinski definition) is 0. The number of hydrazine groups is 1. The van der Waals surface area contributed by atoms with Crippen LogP contribution in [0.3, 0.4) is 0 Å². The Labute approximate surface area is 162 Å². The van der Waals surface area contributed by atoms with Crippen LogP contribution in [0.25, 0.3) is 0 Å². The molecule has 1 aliphatic carbocycles. The van der Waals surface area contributed by atoms with Gasteiger partial charge in [0.25, 0.3) is 11.8 Å². The molecule has 0 radical (unpaired) electrons. The van der Waals surface area contributed by atoms with E-state index in [1.54, 1.807) is 5.01 Å². The van der Waals surface area contributed by atoms with Gasteiger partial charge in [-0.2, -0.15) is 0 Å². The third-order valence-electron chi connectivity index (χ3n) is 5.14. The molecule has 4 rings (SSSR count). The summed E-state index contributed by atoms with van der Waals surface area (Å²) in [6, 6.07) is 12.7. The van der Waals surface area contributed by atoms with Gasteiger partial charge in [0.2, 0.25) is 0 Å². The van der Waals surface area contributed by atoms with Crippen LogP contribution < -0.4 is 0 Å². The molecule has 2 aromatic rings. The number of hydrogen-bond acceptors (Lipinski definition) is 5. The van der Waals surface area contributed by atoms with E-state index in [4.69, 9.17) is 0 Å². The Hall–Kier alpha value is -2.19. The van der Waals surface area contributed by atoms with E-state index in [1.807, 2.05) is 30.3 Å². The van der Waals surface area contributed by atoms with Gasteiger partial charge in [0.15, 0.2) is 9.84 Å². The lowest BCUT2D eigenvalue weighted by Crippen LogP contribution is -2.48. The first-order valence-electron chi connectivity index (χ1n) is 8.82. The van der Waals surface area contributed by atoms with Gasteiger partial charge in [0.1, 0.15) is 4.21 Å². The first-order valence-corrected chi connectivity index (χ1v) is 11.5. The highest BCUT2D eigenvalue weighted by Crippen LogP contribution is 2.50. The molecule has 2 aliphatic rings. The van der Waals surface area contributed by atoms with E-state index in [-0.39, 0.29) is 16.0 Å². The quantitative estimate of drug-likeness (QED) is 0.785. The van der Waals surface area contributed by atoms with Gasteiger partial charge in [-0.25, -0.2) is 13.4 Å². The normalized spacial score (nSPS) is 18.6. The number of nitrogens with zero attached hydrogens (tertiary/aromatic N) is 2. The molecule has 8 heteroatoms. The molecule has 27 heavy (non-hydrogen) atoms. The predicted molar refractivity (Wildman–Crippen MR) is 102 cm³/mol. The van der Waals surface area contributed by atoms with E-state index in [1.165, 1.54) is 17.1 Å². The monoisotopic (exact) mass is 404 g/mol. The maximum atomic E-state index is 13.3. The molecule has 0 unspecified atom stereocenters. The van der Waals surface area contributed by atoms with Crippen LogP contribution in [-0.2, 0) is 20.0 Å². The number of thiophene rings is 1. The summed E-state index contributed by atoms with van der Waals surface area (Å²) in [6.45, 7) is 0.963. The minimum atomic E-state index is -3.35. The molecule has 0 N–H and O–H groups in total. The molecule has 1 saturated heterocycles. The number of sulfone groups is 1. The van der Waals surface area contributed by atoms with E-state index in [2.05, 4.69) is 0 Å². The van der Waals surface area contributed by atoms with Crippen molar-refractivity contribution < 1.29 is 18.0 Å². The summed E-state index contributed by atoms with van der Waals surface area (Å²) in [7, 11) is -3.35. The summed E-state index contributed by atoms with van der Waals surface area (Å²) in [5.41, 5.74) is 0.460. The first kappa shape index (κ1) is 18.2. The zero-order valence-corrected chi connectivity index (χ0v) is 16.6. The molecule has 6 nitrogen and oxygen atoms in total. The fourth-order valence-electron chi connectivity index (χ4n) is 3.55. The Morgan fingerprint density at radius 2 is 1.67 bits per heavy atom. The molecular weight excluding hydrogens is 384 g/mol. The standard InChI is InChI=1S/C19H20N2O4S2/c1-27(24,25)16-9-8-15(26-16)17(22)20-12-5-13-21(20)18(23)19(10-11-19)14-6-3-2-4-7-14/h2-4,6-9H,5,10-13H2,1H3. The van der Waals surface area contributed by atoms with E-state index in [0.29, 0.717) is 24.4 Å². The second-order valence-electron chi connectivity index (χ2n) is 7.05. The molecule has 0 atom stereocenters. The van der Waals surface area contributed by atoms with Crippen LogP contribution in [-0.4, -0.2) is 49.6 Å².